The number of ether oxygens (including phenoxy) is 1. The number of piperidine rings is 1. The standard InChI is InChI=1S/C16H25N3O3/c1-10-14(11(2)22-18-10)8-19-5-4-15-12(7-19)6-13(9-21-15)16(20)17-3/h12-13,15H,4-9H2,1-3H3,(H,17,20)/t12-,13-,15+/m1/s1. The molecule has 0 bridgehead atoms. The second kappa shape index (κ2) is 6.38. The number of hydrogen-bond donors (Lipinski definition) is 1. The van der Waals surface area contributed by atoms with Gasteiger partial charge in [-0.15, -0.1) is 0 Å². The van der Waals surface area contributed by atoms with Gasteiger partial charge in [0.25, 0.3) is 0 Å². The van der Waals surface area contributed by atoms with Crippen LogP contribution >= 0.6 is 0 Å². The molecule has 0 aromatic carbocycles. The van der Waals surface area contributed by atoms with Crippen molar-refractivity contribution in [2.24, 2.45) is 11.8 Å². The van der Waals surface area contributed by atoms with Crippen molar-refractivity contribution in [3.8, 4) is 0 Å². The molecule has 2 aliphatic heterocycles. The SMILES string of the molecule is CNC(=O)[C@H]1CO[C@H]2CCN(Cc3c(C)noc3C)C[C@H]2C1. The number of amides is 1. The summed E-state index contributed by atoms with van der Waals surface area (Å²) in [5, 5.41) is 6.77. The number of fused-ring (bicyclic) bond motifs is 1. The van der Waals surface area contributed by atoms with Gasteiger partial charge in [-0.1, -0.05) is 5.16 Å². The summed E-state index contributed by atoms with van der Waals surface area (Å²) >= 11 is 0. The van der Waals surface area contributed by atoms with Crippen molar-refractivity contribution in [2.45, 2.75) is 39.3 Å². The van der Waals surface area contributed by atoms with Crippen LogP contribution in [-0.4, -0.2) is 48.8 Å². The van der Waals surface area contributed by atoms with Crippen LogP contribution in [0, 0.1) is 25.7 Å². The average Bonchev–Trinajstić information content (AvgIpc) is 2.85. The van der Waals surface area contributed by atoms with Crippen molar-refractivity contribution in [3.05, 3.63) is 17.0 Å². The van der Waals surface area contributed by atoms with Crippen LogP contribution in [0.2, 0.25) is 0 Å². The van der Waals surface area contributed by atoms with Gasteiger partial charge in [0.1, 0.15) is 5.76 Å². The van der Waals surface area contributed by atoms with E-state index in [1.807, 2.05) is 13.8 Å². The fraction of sp³-hybridized carbons (Fsp3) is 0.750. The molecular weight excluding hydrogens is 282 g/mol. The highest BCUT2D eigenvalue weighted by Gasteiger charge is 2.38. The van der Waals surface area contributed by atoms with E-state index in [0.29, 0.717) is 18.6 Å². The van der Waals surface area contributed by atoms with E-state index in [1.54, 1.807) is 7.05 Å². The molecule has 2 aliphatic rings. The number of aryl methyl sites for hydroxylation is 2. The van der Waals surface area contributed by atoms with Gasteiger partial charge in [-0.2, -0.15) is 0 Å². The van der Waals surface area contributed by atoms with Crippen molar-refractivity contribution in [1.82, 2.24) is 15.4 Å². The van der Waals surface area contributed by atoms with Gasteiger partial charge in [0.2, 0.25) is 5.91 Å². The number of carbonyl (C=O) groups excluding carboxylic acids is 1. The highest BCUT2D eigenvalue weighted by molar-refractivity contribution is 5.78. The second-order valence-electron chi connectivity index (χ2n) is 6.51. The Morgan fingerprint density at radius 3 is 2.95 bits per heavy atom. The molecule has 0 spiro atoms. The normalized spacial score (nSPS) is 29.1. The number of aromatic nitrogens is 1. The molecule has 3 heterocycles. The molecule has 2 saturated heterocycles. The van der Waals surface area contributed by atoms with Gasteiger partial charge < -0.3 is 14.6 Å². The topological polar surface area (TPSA) is 67.6 Å². The van der Waals surface area contributed by atoms with Crippen LogP contribution in [0.3, 0.4) is 0 Å². The van der Waals surface area contributed by atoms with Gasteiger partial charge in [0.15, 0.2) is 0 Å². The molecule has 0 unspecified atom stereocenters. The highest BCUT2D eigenvalue weighted by Crippen LogP contribution is 2.32. The molecule has 6 nitrogen and oxygen atoms in total. The van der Waals surface area contributed by atoms with Gasteiger partial charge >= 0.3 is 0 Å². The smallest absolute Gasteiger partial charge is 0.225 e. The second-order valence-corrected chi connectivity index (χ2v) is 6.51. The Balaban J connectivity index is 1.62. The molecule has 0 aliphatic carbocycles. The molecule has 6 heteroatoms. The maximum absolute atomic E-state index is 11.8. The van der Waals surface area contributed by atoms with Crippen LogP contribution < -0.4 is 5.32 Å². The van der Waals surface area contributed by atoms with E-state index in [1.165, 1.54) is 5.56 Å². The molecule has 1 aromatic heterocycles. The number of nitrogens with one attached hydrogen (secondary N) is 1. The zero-order valence-electron chi connectivity index (χ0n) is 13.6. The lowest BCUT2D eigenvalue weighted by atomic mass is 9.83. The van der Waals surface area contributed by atoms with Crippen LogP contribution in [0.25, 0.3) is 0 Å². The number of nitrogens with zero attached hydrogens (tertiary/aromatic N) is 2. The lowest BCUT2D eigenvalue weighted by Gasteiger charge is -2.43. The Labute approximate surface area is 131 Å². The summed E-state index contributed by atoms with van der Waals surface area (Å²) in [5.41, 5.74) is 2.17. The van der Waals surface area contributed by atoms with Crippen LogP contribution in [-0.2, 0) is 16.1 Å². The Hall–Kier alpha value is -1.40. The van der Waals surface area contributed by atoms with Gasteiger partial charge in [-0.05, 0) is 32.6 Å². The number of carbonyl (C=O) groups is 1. The third-order valence-electron chi connectivity index (χ3n) is 5.03. The molecule has 1 N–H and O–H groups in total. The van der Waals surface area contributed by atoms with Crippen molar-refractivity contribution in [1.29, 1.82) is 0 Å². The maximum atomic E-state index is 11.8. The van der Waals surface area contributed by atoms with Crippen LogP contribution in [0.4, 0.5) is 0 Å². The van der Waals surface area contributed by atoms with Crippen molar-refractivity contribution in [2.75, 3.05) is 26.7 Å². The van der Waals surface area contributed by atoms with Crippen molar-refractivity contribution < 1.29 is 14.1 Å². The van der Waals surface area contributed by atoms with E-state index in [-0.39, 0.29) is 11.8 Å². The quantitative estimate of drug-likeness (QED) is 0.911. The largest absolute Gasteiger partial charge is 0.377 e. The molecule has 1 aromatic rings. The minimum absolute atomic E-state index is 0.00901. The Morgan fingerprint density at radius 2 is 2.27 bits per heavy atom. The Kier molecular flexibility index (Phi) is 4.49. The number of rotatable bonds is 3. The fourth-order valence-corrected chi connectivity index (χ4v) is 3.69. The first-order chi connectivity index (χ1) is 10.6. The van der Waals surface area contributed by atoms with Crippen molar-refractivity contribution >= 4 is 5.91 Å². The van der Waals surface area contributed by atoms with Crippen LogP contribution in [0.5, 0.6) is 0 Å². The third kappa shape index (κ3) is 3.03. The van der Waals surface area contributed by atoms with Crippen LogP contribution in [0.15, 0.2) is 4.52 Å². The molecule has 122 valence electrons. The minimum atomic E-state index is -0.00901. The molecule has 3 rings (SSSR count). The van der Waals surface area contributed by atoms with Gasteiger partial charge in [-0.25, -0.2) is 0 Å². The molecule has 2 fully saturated rings. The summed E-state index contributed by atoms with van der Waals surface area (Å²) in [6.45, 7) is 7.38. The van der Waals surface area contributed by atoms with E-state index in [0.717, 1.165) is 43.9 Å². The zero-order valence-corrected chi connectivity index (χ0v) is 13.6. The molecule has 0 saturated carbocycles. The monoisotopic (exact) mass is 307 g/mol. The molecule has 0 radical (unpaired) electrons. The lowest BCUT2D eigenvalue weighted by molar-refractivity contribution is -0.138. The summed E-state index contributed by atoms with van der Waals surface area (Å²) in [6.07, 6.45) is 2.26. The molecular formula is C16H25N3O3. The van der Waals surface area contributed by atoms with E-state index in [2.05, 4.69) is 15.4 Å². The Morgan fingerprint density at radius 1 is 1.45 bits per heavy atom. The minimum Gasteiger partial charge on any atom is -0.377 e. The van der Waals surface area contributed by atoms with E-state index >= 15 is 0 Å². The Bertz CT molecular complexity index is 523. The lowest BCUT2D eigenvalue weighted by Crippen LogP contribution is -2.50. The maximum Gasteiger partial charge on any atom is 0.225 e. The summed E-state index contributed by atoms with van der Waals surface area (Å²) in [4.78, 5) is 14.3. The number of likely N-dealkylation sites (tertiary alicyclic amines) is 1. The van der Waals surface area contributed by atoms with E-state index < -0.39 is 0 Å². The molecule has 3 atom stereocenters. The summed E-state index contributed by atoms with van der Waals surface area (Å²) in [7, 11) is 1.69. The first-order valence-corrected chi connectivity index (χ1v) is 8.05. The summed E-state index contributed by atoms with van der Waals surface area (Å²) in [5.74, 6) is 1.43. The third-order valence-corrected chi connectivity index (χ3v) is 5.03. The van der Waals surface area contributed by atoms with Crippen LogP contribution in [0.1, 0.15) is 29.9 Å². The first kappa shape index (κ1) is 15.5. The number of hydrogen-bond acceptors (Lipinski definition) is 5. The fourth-order valence-electron chi connectivity index (χ4n) is 3.69. The first-order valence-electron chi connectivity index (χ1n) is 8.05. The van der Waals surface area contributed by atoms with E-state index in [4.69, 9.17) is 9.26 Å². The summed E-state index contributed by atoms with van der Waals surface area (Å²) in [6, 6.07) is 0. The average molecular weight is 307 g/mol. The van der Waals surface area contributed by atoms with Gasteiger partial charge in [0, 0.05) is 32.2 Å². The molecule has 1 amide bonds. The summed E-state index contributed by atoms with van der Waals surface area (Å²) < 4.78 is 11.2. The van der Waals surface area contributed by atoms with Gasteiger partial charge in [0.05, 0.1) is 24.3 Å². The predicted octanol–water partition coefficient (Wildman–Crippen LogP) is 1.26. The zero-order chi connectivity index (χ0) is 15.7. The van der Waals surface area contributed by atoms with E-state index in [9.17, 15) is 4.79 Å². The molecule has 22 heavy (non-hydrogen) atoms. The van der Waals surface area contributed by atoms with Gasteiger partial charge in [-0.3, -0.25) is 9.69 Å². The highest BCUT2D eigenvalue weighted by atomic mass is 16.5. The van der Waals surface area contributed by atoms with Crippen molar-refractivity contribution in [3.63, 3.8) is 0 Å². The predicted molar refractivity (Wildman–Crippen MR) is 81.3 cm³/mol.